The van der Waals surface area contributed by atoms with E-state index in [1.165, 1.54) is 0 Å². The fraction of sp³-hybridized carbons (Fsp3) is 0.533. The Morgan fingerprint density at radius 1 is 1.38 bits per heavy atom. The minimum Gasteiger partial charge on any atom is -0.379 e. The van der Waals surface area contributed by atoms with E-state index < -0.39 is 0 Å². The zero-order valence-corrected chi connectivity index (χ0v) is 13.9. The second-order valence-electron chi connectivity index (χ2n) is 5.17. The molecule has 0 spiro atoms. The molecule has 1 aromatic carbocycles. The van der Waals surface area contributed by atoms with Crippen molar-refractivity contribution >= 4 is 27.6 Å². The number of rotatable bonds is 5. The van der Waals surface area contributed by atoms with Gasteiger partial charge < -0.3 is 15.4 Å². The molecule has 0 aromatic heterocycles. The minimum absolute atomic E-state index is 0.165. The number of amides is 2. The Labute approximate surface area is 134 Å². The van der Waals surface area contributed by atoms with Gasteiger partial charge in [0.25, 0.3) is 0 Å². The molecule has 1 fully saturated rings. The summed E-state index contributed by atoms with van der Waals surface area (Å²) < 4.78 is 6.20. The van der Waals surface area contributed by atoms with Crippen molar-refractivity contribution in [3.05, 3.63) is 28.2 Å². The molecule has 0 bridgehead atoms. The first kappa shape index (κ1) is 16.3. The lowest BCUT2D eigenvalue weighted by Crippen LogP contribution is -2.38. The van der Waals surface area contributed by atoms with Crippen molar-refractivity contribution in [3.63, 3.8) is 0 Å². The molecular formula is C15H22BrN3O2. The third-order valence-electron chi connectivity index (χ3n) is 3.41. The van der Waals surface area contributed by atoms with Gasteiger partial charge in [-0.05, 0) is 53.5 Å². The van der Waals surface area contributed by atoms with Crippen LogP contribution in [-0.2, 0) is 4.74 Å². The lowest BCUT2D eigenvalue weighted by Gasteiger charge is -2.26. The van der Waals surface area contributed by atoms with Crippen LogP contribution in [-0.4, -0.2) is 50.3 Å². The van der Waals surface area contributed by atoms with E-state index in [9.17, 15) is 4.79 Å². The molecule has 21 heavy (non-hydrogen) atoms. The number of anilines is 1. The average Bonchev–Trinajstić information content (AvgIpc) is 2.48. The van der Waals surface area contributed by atoms with Crippen LogP contribution in [0.15, 0.2) is 22.7 Å². The molecule has 1 aromatic rings. The number of aryl methyl sites for hydroxylation is 1. The number of carbonyl (C=O) groups excluding carboxylic acids is 1. The van der Waals surface area contributed by atoms with Crippen LogP contribution in [0.4, 0.5) is 10.5 Å². The standard InChI is InChI=1S/C15H22BrN3O2/c1-12-3-4-14(13(16)11-12)18-15(20)17-5-2-6-19-7-9-21-10-8-19/h3-4,11H,2,5-10H2,1H3,(H2,17,18,20). The zero-order valence-electron chi connectivity index (χ0n) is 12.3. The molecule has 2 amide bonds. The van der Waals surface area contributed by atoms with Crippen molar-refractivity contribution in [1.29, 1.82) is 0 Å². The van der Waals surface area contributed by atoms with Crippen LogP contribution in [0.3, 0.4) is 0 Å². The average molecular weight is 356 g/mol. The summed E-state index contributed by atoms with van der Waals surface area (Å²) in [5.41, 5.74) is 1.93. The third kappa shape index (κ3) is 5.65. The van der Waals surface area contributed by atoms with E-state index in [2.05, 4.69) is 31.5 Å². The minimum atomic E-state index is -0.165. The molecule has 116 valence electrons. The van der Waals surface area contributed by atoms with Gasteiger partial charge in [-0.2, -0.15) is 0 Å². The molecule has 1 heterocycles. The first-order valence-electron chi connectivity index (χ1n) is 7.26. The normalized spacial score (nSPS) is 15.7. The van der Waals surface area contributed by atoms with Crippen molar-refractivity contribution in [1.82, 2.24) is 10.2 Å². The molecule has 1 aliphatic rings. The monoisotopic (exact) mass is 355 g/mol. The number of benzene rings is 1. The maximum atomic E-state index is 11.8. The highest BCUT2D eigenvalue weighted by Crippen LogP contribution is 2.23. The topological polar surface area (TPSA) is 53.6 Å². The summed E-state index contributed by atoms with van der Waals surface area (Å²) in [6.45, 7) is 7.29. The first-order valence-corrected chi connectivity index (χ1v) is 8.05. The molecular weight excluding hydrogens is 334 g/mol. The van der Waals surface area contributed by atoms with Crippen molar-refractivity contribution in [2.45, 2.75) is 13.3 Å². The first-order chi connectivity index (χ1) is 10.1. The highest BCUT2D eigenvalue weighted by Gasteiger charge is 2.10. The van der Waals surface area contributed by atoms with Gasteiger partial charge >= 0.3 is 6.03 Å². The highest BCUT2D eigenvalue weighted by molar-refractivity contribution is 9.10. The number of hydrogen-bond acceptors (Lipinski definition) is 3. The van der Waals surface area contributed by atoms with Crippen molar-refractivity contribution in [2.75, 3.05) is 44.7 Å². The number of urea groups is 1. The van der Waals surface area contributed by atoms with E-state index in [0.29, 0.717) is 6.54 Å². The summed E-state index contributed by atoms with van der Waals surface area (Å²) in [4.78, 5) is 14.2. The number of nitrogens with one attached hydrogen (secondary N) is 2. The highest BCUT2D eigenvalue weighted by atomic mass is 79.9. The van der Waals surface area contributed by atoms with Crippen LogP contribution < -0.4 is 10.6 Å². The van der Waals surface area contributed by atoms with Crippen molar-refractivity contribution in [2.24, 2.45) is 0 Å². The predicted octanol–water partition coefficient (Wildman–Crippen LogP) is 2.60. The molecule has 0 saturated carbocycles. The fourth-order valence-electron chi connectivity index (χ4n) is 2.22. The Bertz CT molecular complexity index is 476. The molecule has 0 radical (unpaired) electrons. The Kier molecular flexibility index (Phi) is 6.48. The summed E-state index contributed by atoms with van der Waals surface area (Å²) >= 11 is 3.45. The van der Waals surface area contributed by atoms with Crippen LogP contribution in [0, 0.1) is 6.92 Å². The van der Waals surface area contributed by atoms with Crippen LogP contribution >= 0.6 is 15.9 Å². The summed E-state index contributed by atoms with van der Waals surface area (Å²) in [5.74, 6) is 0. The van der Waals surface area contributed by atoms with E-state index in [4.69, 9.17) is 4.74 Å². The summed E-state index contributed by atoms with van der Waals surface area (Å²) in [5, 5.41) is 5.73. The number of halogens is 1. The van der Waals surface area contributed by atoms with E-state index in [-0.39, 0.29) is 6.03 Å². The molecule has 1 saturated heterocycles. The number of ether oxygens (including phenoxy) is 1. The fourth-order valence-corrected chi connectivity index (χ4v) is 2.81. The van der Waals surface area contributed by atoms with Gasteiger partial charge in [-0.1, -0.05) is 6.07 Å². The Morgan fingerprint density at radius 2 is 2.14 bits per heavy atom. The largest absolute Gasteiger partial charge is 0.379 e. The Hall–Kier alpha value is -1.11. The molecule has 0 aliphatic carbocycles. The van der Waals surface area contributed by atoms with Gasteiger partial charge in [0.1, 0.15) is 0 Å². The lowest BCUT2D eigenvalue weighted by atomic mass is 10.2. The summed E-state index contributed by atoms with van der Waals surface area (Å²) in [6, 6.07) is 5.68. The summed E-state index contributed by atoms with van der Waals surface area (Å²) in [6.07, 6.45) is 0.947. The van der Waals surface area contributed by atoms with Crippen LogP contribution in [0.5, 0.6) is 0 Å². The van der Waals surface area contributed by atoms with E-state index in [0.717, 1.165) is 55.0 Å². The molecule has 2 rings (SSSR count). The van der Waals surface area contributed by atoms with Crippen LogP contribution in [0.2, 0.25) is 0 Å². The van der Waals surface area contributed by atoms with Gasteiger partial charge in [0.05, 0.1) is 18.9 Å². The number of hydrogen-bond donors (Lipinski definition) is 2. The predicted molar refractivity (Wildman–Crippen MR) is 87.8 cm³/mol. The Morgan fingerprint density at radius 3 is 2.86 bits per heavy atom. The zero-order chi connectivity index (χ0) is 15.1. The molecule has 0 unspecified atom stereocenters. The SMILES string of the molecule is Cc1ccc(NC(=O)NCCCN2CCOCC2)c(Br)c1. The van der Waals surface area contributed by atoms with Gasteiger partial charge in [-0.15, -0.1) is 0 Å². The maximum absolute atomic E-state index is 11.8. The van der Waals surface area contributed by atoms with E-state index in [1.54, 1.807) is 0 Å². The third-order valence-corrected chi connectivity index (χ3v) is 4.07. The lowest BCUT2D eigenvalue weighted by molar-refractivity contribution is 0.0375. The number of nitrogens with zero attached hydrogens (tertiary/aromatic N) is 1. The van der Waals surface area contributed by atoms with E-state index >= 15 is 0 Å². The van der Waals surface area contributed by atoms with E-state index in [1.807, 2.05) is 25.1 Å². The van der Waals surface area contributed by atoms with Crippen molar-refractivity contribution < 1.29 is 9.53 Å². The Balaban J connectivity index is 1.65. The summed E-state index contributed by atoms with van der Waals surface area (Å²) in [7, 11) is 0. The van der Waals surface area contributed by atoms with Gasteiger partial charge in [0, 0.05) is 24.1 Å². The van der Waals surface area contributed by atoms with Gasteiger partial charge in [-0.25, -0.2) is 4.79 Å². The molecule has 5 nitrogen and oxygen atoms in total. The smallest absolute Gasteiger partial charge is 0.319 e. The van der Waals surface area contributed by atoms with Gasteiger partial charge in [-0.3, -0.25) is 4.90 Å². The van der Waals surface area contributed by atoms with Crippen molar-refractivity contribution in [3.8, 4) is 0 Å². The molecule has 2 N–H and O–H groups in total. The van der Waals surface area contributed by atoms with Gasteiger partial charge in [0.2, 0.25) is 0 Å². The number of morpholine rings is 1. The second-order valence-corrected chi connectivity index (χ2v) is 6.03. The molecule has 0 atom stereocenters. The van der Waals surface area contributed by atoms with Crippen LogP contribution in [0.1, 0.15) is 12.0 Å². The maximum Gasteiger partial charge on any atom is 0.319 e. The molecule has 6 heteroatoms. The van der Waals surface area contributed by atoms with Gasteiger partial charge in [0.15, 0.2) is 0 Å². The van der Waals surface area contributed by atoms with Crippen LogP contribution in [0.25, 0.3) is 0 Å². The second kappa shape index (κ2) is 8.36. The number of carbonyl (C=O) groups is 1. The molecule has 1 aliphatic heterocycles. The quantitative estimate of drug-likeness (QED) is 0.798.